The zero-order valence-electron chi connectivity index (χ0n) is 9.33. The van der Waals surface area contributed by atoms with Crippen LogP contribution in [0.2, 0.25) is 0 Å². The molecular formula is C13H19NS. The van der Waals surface area contributed by atoms with E-state index in [0.717, 1.165) is 11.7 Å². The molecule has 82 valence electrons. The van der Waals surface area contributed by atoms with Gasteiger partial charge in [-0.15, -0.1) is 0 Å². The van der Waals surface area contributed by atoms with Crippen LogP contribution >= 0.6 is 11.8 Å². The highest BCUT2D eigenvalue weighted by molar-refractivity contribution is 7.97. The van der Waals surface area contributed by atoms with Gasteiger partial charge in [-0.1, -0.05) is 24.6 Å². The molecule has 1 fully saturated rings. The van der Waals surface area contributed by atoms with Gasteiger partial charge in [0, 0.05) is 12.3 Å². The molecule has 0 heterocycles. The fraction of sp³-hybridized carbons (Fsp3) is 0.538. The first kappa shape index (κ1) is 11.0. The summed E-state index contributed by atoms with van der Waals surface area (Å²) in [5.74, 6) is 1.89. The lowest BCUT2D eigenvalue weighted by molar-refractivity contribution is 0.417. The van der Waals surface area contributed by atoms with Gasteiger partial charge < -0.3 is 5.73 Å². The highest BCUT2D eigenvalue weighted by atomic mass is 32.2. The molecule has 1 saturated carbocycles. The Morgan fingerprint density at radius 2 is 2.20 bits per heavy atom. The highest BCUT2D eigenvalue weighted by Gasteiger charge is 2.21. The largest absolute Gasteiger partial charge is 0.326 e. The third-order valence-corrected chi connectivity index (χ3v) is 3.91. The van der Waals surface area contributed by atoms with E-state index in [2.05, 4.69) is 24.5 Å². The second kappa shape index (κ2) is 5.04. The predicted molar refractivity (Wildman–Crippen MR) is 68.1 cm³/mol. The first-order valence-corrected chi connectivity index (χ1v) is 7.05. The molecule has 0 saturated heterocycles. The smallest absolute Gasteiger partial charge is 0.0181 e. The van der Waals surface area contributed by atoms with Gasteiger partial charge in [0.25, 0.3) is 0 Å². The summed E-state index contributed by atoms with van der Waals surface area (Å²) in [5.41, 5.74) is 10.1. The van der Waals surface area contributed by atoms with Crippen LogP contribution in [-0.2, 0) is 12.3 Å². The topological polar surface area (TPSA) is 26.0 Å². The van der Waals surface area contributed by atoms with Crippen molar-refractivity contribution < 1.29 is 0 Å². The van der Waals surface area contributed by atoms with Crippen molar-refractivity contribution >= 4 is 11.8 Å². The molecule has 1 nitrogen and oxygen atoms in total. The second-order valence-electron chi connectivity index (χ2n) is 4.30. The Balaban J connectivity index is 2.22. The van der Waals surface area contributed by atoms with Gasteiger partial charge >= 0.3 is 0 Å². The van der Waals surface area contributed by atoms with Gasteiger partial charge in [-0.2, -0.15) is 11.8 Å². The van der Waals surface area contributed by atoms with Crippen LogP contribution in [0.4, 0.5) is 0 Å². The first-order chi connectivity index (χ1) is 7.35. The molecule has 1 aliphatic rings. The maximum atomic E-state index is 5.83. The lowest BCUT2D eigenvalue weighted by Crippen LogP contribution is -2.13. The summed E-state index contributed by atoms with van der Waals surface area (Å²) in [7, 11) is 0. The van der Waals surface area contributed by atoms with E-state index in [1.54, 1.807) is 0 Å². The second-order valence-corrected chi connectivity index (χ2v) is 5.16. The van der Waals surface area contributed by atoms with Gasteiger partial charge in [-0.3, -0.25) is 0 Å². The van der Waals surface area contributed by atoms with Crippen molar-refractivity contribution in [3.63, 3.8) is 0 Å². The van der Waals surface area contributed by atoms with Crippen molar-refractivity contribution in [3.8, 4) is 0 Å². The molecule has 0 spiro atoms. The van der Waals surface area contributed by atoms with E-state index in [4.69, 9.17) is 5.73 Å². The first-order valence-electron chi connectivity index (χ1n) is 5.66. The van der Waals surface area contributed by atoms with E-state index in [0.29, 0.717) is 6.54 Å². The number of hydrogen-bond donors (Lipinski definition) is 1. The van der Waals surface area contributed by atoms with E-state index < -0.39 is 0 Å². The van der Waals surface area contributed by atoms with Crippen molar-refractivity contribution in [1.82, 2.24) is 0 Å². The van der Waals surface area contributed by atoms with E-state index in [-0.39, 0.29) is 0 Å². The lowest BCUT2D eigenvalue weighted by atomic mass is 9.78. The van der Waals surface area contributed by atoms with Crippen molar-refractivity contribution in [1.29, 1.82) is 0 Å². The van der Waals surface area contributed by atoms with Crippen LogP contribution in [0.25, 0.3) is 0 Å². The van der Waals surface area contributed by atoms with E-state index >= 15 is 0 Å². The fourth-order valence-electron chi connectivity index (χ4n) is 2.21. The van der Waals surface area contributed by atoms with Gasteiger partial charge in [0.1, 0.15) is 0 Å². The number of benzene rings is 1. The average molecular weight is 221 g/mol. The van der Waals surface area contributed by atoms with Crippen LogP contribution in [0, 0.1) is 0 Å². The predicted octanol–water partition coefficient (Wildman–Crippen LogP) is 3.28. The van der Waals surface area contributed by atoms with Gasteiger partial charge in [0.15, 0.2) is 0 Å². The van der Waals surface area contributed by atoms with E-state index in [1.165, 1.54) is 36.0 Å². The van der Waals surface area contributed by atoms with Crippen LogP contribution in [0.3, 0.4) is 0 Å². The summed E-state index contributed by atoms with van der Waals surface area (Å²) >= 11 is 1.87. The van der Waals surface area contributed by atoms with Crippen LogP contribution in [-0.4, -0.2) is 6.26 Å². The Labute approximate surface area is 96.4 Å². The van der Waals surface area contributed by atoms with Gasteiger partial charge in [-0.05, 0) is 41.7 Å². The molecule has 1 aliphatic carbocycles. The van der Waals surface area contributed by atoms with E-state index in [1.807, 2.05) is 11.8 Å². The van der Waals surface area contributed by atoms with Crippen LogP contribution in [0.5, 0.6) is 0 Å². The molecule has 15 heavy (non-hydrogen) atoms. The SMILES string of the molecule is CSCc1ccc(C2CCC2)c(CN)c1. The summed E-state index contributed by atoms with van der Waals surface area (Å²) in [6, 6.07) is 6.87. The molecular weight excluding hydrogens is 202 g/mol. The van der Waals surface area contributed by atoms with Gasteiger partial charge in [0.2, 0.25) is 0 Å². The maximum Gasteiger partial charge on any atom is 0.0181 e. The van der Waals surface area contributed by atoms with Crippen molar-refractivity contribution in [2.24, 2.45) is 5.73 Å². The minimum Gasteiger partial charge on any atom is -0.326 e. The number of rotatable bonds is 4. The Hall–Kier alpha value is -0.470. The summed E-state index contributed by atoms with van der Waals surface area (Å²) < 4.78 is 0. The standard InChI is InChI=1S/C13H19NS/c1-15-9-10-5-6-13(11-3-2-4-11)12(7-10)8-14/h5-7,11H,2-4,8-9,14H2,1H3. The summed E-state index contributed by atoms with van der Waals surface area (Å²) in [6.45, 7) is 0.689. The van der Waals surface area contributed by atoms with Crippen molar-refractivity contribution in [2.75, 3.05) is 6.26 Å². The number of thioether (sulfide) groups is 1. The van der Waals surface area contributed by atoms with Crippen molar-refractivity contribution in [3.05, 3.63) is 34.9 Å². The summed E-state index contributed by atoms with van der Waals surface area (Å²) in [4.78, 5) is 0. The zero-order chi connectivity index (χ0) is 10.7. The lowest BCUT2D eigenvalue weighted by Gasteiger charge is -2.28. The fourth-order valence-corrected chi connectivity index (χ4v) is 2.72. The summed E-state index contributed by atoms with van der Waals surface area (Å²) in [5, 5.41) is 0. The minimum atomic E-state index is 0.689. The molecule has 2 rings (SSSR count). The molecule has 0 aromatic heterocycles. The Morgan fingerprint density at radius 3 is 2.73 bits per heavy atom. The molecule has 0 radical (unpaired) electrons. The van der Waals surface area contributed by atoms with E-state index in [9.17, 15) is 0 Å². The molecule has 0 atom stereocenters. The Kier molecular flexibility index (Phi) is 3.71. The van der Waals surface area contributed by atoms with Crippen LogP contribution < -0.4 is 5.73 Å². The zero-order valence-corrected chi connectivity index (χ0v) is 10.1. The molecule has 0 aliphatic heterocycles. The Morgan fingerprint density at radius 1 is 1.40 bits per heavy atom. The molecule has 2 N–H and O–H groups in total. The molecule has 1 aromatic carbocycles. The monoisotopic (exact) mass is 221 g/mol. The third-order valence-electron chi connectivity index (χ3n) is 3.28. The average Bonchev–Trinajstić information content (AvgIpc) is 2.18. The molecule has 0 amide bonds. The van der Waals surface area contributed by atoms with Crippen LogP contribution in [0.15, 0.2) is 18.2 Å². The molecule has 2 heteroatoms. The number of hydrogen-bond acceptors (Lipinski definition) is 2. The van der Waals surface area contributed by atoms with Gasteiger partial charge in [-0.25, -0.2) is 0 Å². The normalized spacial score (nSPS) is 16.4. The highest BCUT2D eigenvalue weighted by Crippen LogP contribution is 2.38. The third kappa shape index (κ3) is 2.37. The maximum absolute atomic E-state index is 5.83. The Bertz CT molecular complexity index is 331. The van der Waals surface area contributed by atoms with Gasteiger partial charge in [0.05, 0.1) is 0 Å². The van der Waals surface area contributed by atoms with Crippen LogP contribution in [0.1, 0.15) is 41.9 Å². The minimum absolute atomic E-state index is 0.689. The quantitative estimate of drug-likeness (QED) is 0.844. The molecule has 0 unspecified atom stereocenters. The molecule has 0 bridgehead atoms. The number of nitrogens with two attached hydrogens (primary N) is 1. The molecule has 1 aromatic rings. The summed E-state index contributed by atoms with van der Waals surface area (Å²) in [6.07, 6.45) is 6.24. The van der Waals surface area contributed by atoms with Crippen molar-refractivity contribution in [2.45, 2.75) is 37.5 Å².